The second-order valence-electron chi connectivity index (χ2n) is 4.34. The van der Waals surface area contributed by atoms with Gasteiger partial charge in [0, 0.05) is 19.3 Å². The van der Waals surface area contributed by atoms with E-state index in [1.54, 1.807) is 6.20 Å². The number of hydrogen-bond acceptors (Lipinski definition) is 2. The average molecular weight is 241 g/mol. The molecule has 0 bridgehead atoms. The van der Waals surface area contributed by atoms with Crippen molar-refractivity contribution < 1.29 is 4.79 Å². The van der Waals surface area contributed by atoms with Crippen LogP contribution in [0.15, 0.2) is 42.6 Å². The van der Waals surface area contributed by atoms with Crippen molar-refractivity contribution in [3.05, 3.63) is 48.3 Å². The molecule has 3 rings (SSSR count). The van der Waals surface area contributed by atoms with Gasteiger partial charge in [-0.1, -0.05) is 12.1 Å². The van der Waals surface area contributed by atoms with E-state index in [-0.39, 0.29) is 5.91 Å². The SMILES string of the molecule is O=C(c1ccc[nH]1)N1CCCNc2ccccc21. The minimum absolute atomic E-state index is 0.0242. The van der Waals surface area contributed by atoms with Gasteiger partial charge in [0.15, 0.2) is 0 Å². The standard InChI is InChI=1S/C14H15N3O/c18-14(12-6-3-8-16-12)17-10-4-9-15-11-5-1-2-7-13(11)17/h1-3,5-8,15-16H,4,9-10H2. The van der Waals surface area contributed by atoms with E-state index >= 15 is 0 Å². The van der Waals surface area contributed by atoms with Gasteiger partial charge in [0.05, 0.1) is 11.4 Å². The van der Waals surface area contributed by atoms with Crippen molar-refractivity contribution in [2.75, 3.05) is 23.3 Å². The zero-order chi connectivity index (χ0) is 12.4. The number of nitrogens with zero attached hydrogens (tertiary/aromatic N) is 1. The molecule has 0 saturated carbocycles. The summed E-state index contributed by atoms with van der Waals surface area (Å²) in [5.74, 6) is 0.0242. The number of fused-ring (bicyclic) bond motifs is 1. The first kappa shape index (κ1) is 10.9. The zero-order valence-electron chi connectivity index (χ0n) is 10.0. The van der Waals surface area contributed by atoms with Crippen LogP contribution in [0.25, 0.3) is 0 Å². The van der Waals surface area contributed by atoms with Crippen molar-refractivity contribution in [3.8, 4) is 0 Å². The first-order valence-corrected chi connectivity index (χ1v) is 6.14. The molecule has 2 aromatic rings. The molecule has 0 fully saturated rings. The van der Waals surface area contributed by atoms with Crippen LogP contribution in [0.4, 0.5) is 11.4 Å². The maximum atomic E-state index is 12.4. The summed E-state index contributed by atoms with van der Waals surface area (Å²) in [6.07, 6.45) is 2.72. The largest absolute Gasteiger partial charge is 0.383 e. The van der Waals surface area contributed by atoms with Gasteiger partial charge in [0.2, 0.25) is 0 Å². The van der Waals surface area contributed by atoms with Crippen molar-refractivity contribution in [1.82, 2.24) is 4.98 Å². The molecule has 1 aromatic carbocycles. The van der Waals surface area contributed by atoms with E-state index in [2.05, 4.69) is 10.3 Å². The molecular formula is C14H15N3O. The summed E-state index contributed by atoms with van der Waals surface area (Å²) >= 11 is 0. The third kappa shape index (κ3) is 1.86. The van der Waals surface area contributed by atoms with Gasteiger partial charge in [-0.25, -0.2) is 0 Å². The Balaban J connectivity index is 1.99. The van der Waals surface area contributed by atoms with Crippen molar-refractivity contribution in [1.29, 1.82) is 0 Å². The van der Waals surface area contributed by atoms with Crippen LogP contribution in [-0.2, 0) is 0 Å². The lowest BCUT2D eigenvalue weighted by atomic mass is 10.2. The van der Waals surface area contributed by atoms with E-state index in [4.69, 9.17) is 0 Å². The number of carbonyl (C=O) groups excluding carboxylic acids is 1. The molecule has 0 atom stereocenters. The minimum Gasteiger partial charge on any atom is -0.383 e. The fraction of sp³-hybridized carbons (Fsp3) is 0.214. The first-order chi connectivity index (χ1) is 8.86. The number of anilines is 2. The molecule has 1 aromatic heterocycles. The molecule has 1 amide bonds. The maximum Gasteiger partial charge on any atom is 0.274 e. The molecule has 1 aliphatic heterocycles. The number of nitrogens with one attached hydrogen (secondary N) is 2. The highest BCUT2D eigenvalue weighted by atomic mass is 16.2. The van der Waals surface area contributed by atoms with E-state index in [1.807, 2.05) is 41.3 Å². The van der Waals surface area contributed by atoms with Gasteiger partial charge in [-0.2, -0.15) is 0 Å². The number of benzene rings is 1. The number of aromatic amines is 1. The lowest BCUT2D eigenvalue weighted by Gasteiger charge is -2.21. The normalized spacial score (nSPS) is 14.6. The second kappa shape index (κ2) is 4.56. The lowest BCUT2D eigenvalue weighted by molar-refractivity contribution is 0.0983. The molecule has 0 unspecified atom stereocenters. The van der Waals surface area contributed by atoms with Gasteiger partial charge in [0.25, 0.3) is 5.91 Å². The van der Waals surface area contributed by atoms with Gasteiger partial charge < -0.3 is 15.2 Å². The van der Waals surface area contributed by atoms with Crippen molar-refractivity contribution >= 4 is 17.3 Å². The Morgan fingerprint density at radius 1 is 1.17 bits per heavy atom. The van der Waals surface area contributed by atoms with Crippen LogP contribution in [0.3, 0.4) is 0 Å². The molecule has 4 nitrogen and oxygen atoms in total. The summed E-state index contributed by atoms with van der Waals surface area (Å²) in [6.45, 7) is 1.63. The van der Waals surface area contributed by atoms with Crippen LogP contribution in [0.1, 0.15) is 16.9 Å². The lowest BCUT2D eigenvalue weighted by Crippen LogP contribution is -2.31. The highest BCUT2D eigenvalue weighted by Gasteiger charge is 2.22. The summed E-state index contributed by atoms with van der Waals surface area (Å²) in [6, 6.07) is 11.6. The van der Waals surface area contributed by atoms with E-state index in [0.29, 0.717) is 5.69 Å². The van der Waals surface area contributed by atoms with Gasteiger partial charge in [-0.05, 0) is 30.7 Å². The van der Waals surface area contributed by atoms with Crippen molar-refractivity contribution in [2.45, 2.75) is 6.42 Å². The fourth-order valence-corrected chi connectivity index (χ4v) is 2.26. The van der Waals surface area contributed by atoms with E-state index in [0.717, 1.165) is 30.9 Å². The fourth-order valence-electron chi connectivity index (χ4n) is 2.26. The number of amides is 1. The number of hydrogen-bond donors (Lipinski definition) is 2. The number of rotatable bonds is 1. The van der Waals surface area contributed by atoms with Gasteiger partial charge in [-0.3, -0.25) is 4.79 Å². The summed E-state index contributed by atoms with van der Waals surface area (Å²) < 4.78 is 0. The predicted octanol–water partition coefficient (Wildman–Crippen LogP) is 2.48. The zero-order valence-corrected chi connectivity index (χ0v) is 10.0. The Morgan fingerprint density at radius 3 is 2.89 bits per heavy atom. The second-order valence-corrected chi connectivity index (χ2v) is 4.34. The number of H-pyrrole nitrogens is 1. The van der Waals surface area contributed by atoms with E-state index in [9.17, 15) is 4.79 Å². The first-order valence-electron chi connectivity index (χ1n) is 6.14. The van der Waals surface area contributed by atoms with Crippen LogP contribution in [-0.4, -0.2) is 24.0 Å². The maximum absolute atomic E-state index is 12.4. The van der Waals surface area contributed by atoms with Crippen LogP contribution < -0.4 is 10.2 Å². The Bertz CT molecular complexity index is 548. The average Bonchev–Trinajstić information content (AvgIpc) is 2.85. The molecule has 0 saturated heterocycles. The molecule has 4 heteroatoms. The third-order valence-electron chi connectivity index (χ3n) is 3.14. The number of carbonyl (C=O) groups is 1. The molecule has 92 valence electrons. The topological polar surface area (TPSA) is 48.1 Å². The number of aromatic nitrogens is 1. The third-order valence-corrected chi connectivity index (χ3v) is 3.14. The monoisotopic (exact) mass is 241 g/mol. The van der Waals surface area contributed by atoms with Gasteiger partial charge in [-0.15, -0.1) is 0 Å². The Labute approximate surface area is 106 Å². The van der Waals surface area contributed by atoms with Gasteiger partial charge >= 0.3 is 0 Å². The molecular weight excluding hydrogens is 226 g/mol. The minimum atomic E-state index is 0.0242. The Hall–Kier alpha value is -2.23. The predicted molar refractivity (Wildman–Crippen MR) is 72.0 cm³/mol. The molecule has 18 heavy (non-hydrogen) atoms. The smallest absolute Gasteiger partial charge is 0.274 e. The van der Waals surface area contributed by atoms with E-state index in [1.165, 1.54) is 0 Å². The van der Waals surface area contributed by atoms with E-state index < -0.39 is 0 Å². The highest BCUT2D eigenvalue weighted by Crippen LogP contribution is 2.28. The highest BCUT2D eigenvalue weighted by molar-refractivity contribution is 6.06. The van der Waals surface area contributed by atoms with Crippen LogP contribution in [0.2, 0.25) is 0 Å². The van der Waals surface area contributed by atoms with Crippen LogP contribution in [0.5, 0.6) is 0 Å². The summed E-state index contributed by atoms with van der Waals surface area (Å²) in [4.78, 5) is 17.3. The summed E-state index contributed by atoms with van der Waals surface area (Å²) in [7, 11) is 0. The van der Waals surface area contributed by atoms with Crippen molar-refractivity contribution in [3.63, 3.8) is 0 Å². The molecule has 0 radical (unpaired) electrons. The molecule has 2 heterocycles. The summed E-state index contributed by atoms with van der Waals surface area (Å²) in [5, 5.41) is 3.35. The van der Waals surface area contributed by atoms with Gasteiger partial charge in [0.1, 0.15) is 5.69 Å². The number of para-hydroxylation sites is 2. The van der Waals surface area contributed by atoms with Crippen LogP contribution in [0, 0.1) is 0 Å². The van der Waals surface area contributed by atoms with Crippen molar-refractivity contribution in [2.24, 2.45) is 0 Å². The molecule has 0 aliphatic carbocycles. The summed E-state index contributed by atoms with van der Waals surface area (Å²) in [5.41, 5.74) is 2.61. The Kier molecular flexibility index (Phi) is 2.76. The quantitative estimate of drug-likeness (QED) is 0.805. The Morgan fingerprint density at radius 2 is 2.06 bits per heavy atom. The van der Waals surface area contributed by atoms with Crippen LogP contribution >= 0.6 is 0 Å². The molecule has 0 spiro atoms. The molecule has 1 aliphatic rings. The molecule has 2 N–H and O–H groups in total.